The van der Waals surface area contributed by atoms with E-state index < -0.39 is 11.9 Å². The van der Waals surface area contributed by atoms with E-state index in [4.69, 9.17) is 5.11 Å². The molecule has 0 radical (unpaired) electrons. The van der Waals surface area contributed by atoms with Crippen LogP contribution in [0.4, 0.5) is 0 Å². The van der Waals surface area contributed by atoms with Crippen molar-refractivity contribution in [1.29, 1.82) is 0 Å². The molecule has 1 fully saturated rings. The van der Waals surface area contributed by atoms with Crippen molar-refractivity contribution in [3.63, 3.8) is 0 Å². The highest BCUT2D eigenvalue weighted by molar-refractivity contribution is 8.01. The van der Waals surface area contributed by atoms with Crippen LogP contribution >= 0.6 is 11.8 Å². The van der Waals surface area contributed by atoms with Gasteiger partial charge in [-0.1, -0.05) is 6.92 Å². The van der Waals surface area contributed by atoms with Crippen LogP contribution in [0.5, 0.6) is 0 Å². The van der Waals surface area contributed by atoms with E-state index in [0.29, 0.717) is 12.2 Å². The minimum Gasteiger partial charge on any atom is -0.481 e. The number of nitrogens with one attached hydrogen (secondary N) is 1. The zero-order valence-corrected chi connectivity index (χ0v) is 7.56. The third-order valence-electron chi connectivity index (χ3n) is 1.82. The molecule has 0 bridgehead atoms. The summed E-state index contributed by atoms with van der Waals surface area (Å²) in [5, 5.41) is 11.1. The van der Waals surface area contributed by atoms with Crippen molar-refractivity contribution >= 4 is 23.6 Å². The Morgan fingerprint density at radius 2 is 2.58 bits per heavy atom. The molecule has 1 saturated heterocycles. The van der Waals surface area contributed by atoms with Crippen molar-refractivity contribution < 1.29 is 14.7 Å². The first-order valence-corrected chi connectivity index (χ1v) is 4.83. The van der Waals surface area contributed by atoms with Crippen LogP contribution in [0.3, 0.4) is 0 Å². The summed E-state index contributed by atoms with van der Waals surface area (Å²) in [4.78, 5) is 21.4. The molecule has 0 saturated carbocycles. The standard InChI is InChI=1S/C7H11NO3S/c1-2-4(7(10)11)6-8-5(9)3-12-6/h4,6H,2-3H2,1H3,(H,8,9)(H,10,11). The van der Waals surface area contributed by atoms with E-state index in [1.807, 2.05) is 6.92 Å². The van der Waals surface area contributed by atoms with Crippen molar-refractivity contribution in [3.8, 4) is 0 Å². The quantitative estimate of drug-likeness (QED) is 0.669. The summed E-state index contributed by atoms with van der Waals surface area (Å²) in [7, 11) is 0. The lowest BCUT2D eigenvalue weighted by Gasteiger charge is -2.16. The number of carboxylic acids is 1. The predicted molar refractivity (Wildman–Crippen MR) is 45.8 cm³/mol. The third-order valence-corrected chi connectivity index (χ3v) is 3.05. The van der Waals surface area contributed by atoms with E-state index in [2.05, 4.69) is 5.32 Å². The summed E-state index contributed by atoms with van der Waals surface area (Å²) < 4.78 is 0. The van der Waals surface area contributed by atoms with E-state index in [1.165, 1.54) is 11.8 Å². The molecule has 0 aliphatic carbocycles. The first-order chi connectivity index (χ1) is 5.65. The van der Waals surface area contributed by atoms with Crippen molar-refractivity contribution in [2.75, 3.05) is 5.75 Å². The Labute approximate surface area is 74.7 Å². The van der Waals surface area contributed by atoms with Gasteiger partial charge >= 0.3 is 5.97 Å². The van der Waals surface area contributed by atoms with Gasteiger partial charge in [-0.2, -0.15) is 0 Å². The number of rotatable bonds is 3. The maximum Gasteiger partial charge on any atom is 0.309 e. The van der Waals surface area contributed by atoms with E-state index in [1.54, 1.807) is 0 Å². The van der Waals surface area contributed by atoms with Gasteiger partial charge in [-0.15, -0.1) is 11.8 Å². The zero-order valence-electron chi connectivity index (χ0n) is 6.74. The molecule has 1 rings (SSSR count). The van der Waals surface area contributed by atoms with Gasteiger partial charge in [0.1, 0.15) is 0 Å². The Hall–Kier alpha value is -0.710. The molecule has 1 amide bonds. The number of carbonyl (C=O) groups excluding carboxylic acids is 1. The molecule has 0 aromatic carbocycles. The molecular weight excluding hydrogens is 178 g/mol. The van der Waals surface area contributed by atoms with Crippen LogP contribution in [0.2, 0.25) is 0 Å². The molecule has 2 unspecified atom stereocenters. The molecule has 4 nitrogen and oxygen atoms in total. The Morgan fingerprint density at radius 3 is 2.92 bits per heavy atom. The molecular formula is C7H11NO3S. The molecule has 0 aromatic rings. The monoisotopic (exact) mass is 189 g/mol. The van der Waals surface area contributed by atoms with Crippen molar-refractivity contribution in [2.24, 2.45) is 5.92 Å². The van der Waals surface area contributed by atoms with Gasteiger partial charge in [0.05, 0.1) is 17.0 Å². The van der Waals surface area contributed by atoms with E-state index in [0.717, 1.165) is 0 Å². The molecule has 1 aliphatic heterocycles. The number of carbonyl (C=O) groups is 2. The van der Waals surface area contributed by atoms with Crippen LogP contribution in [0.1, 0.15) is 13.3 Å². The summed E-state index contributed by atoms with van der Waals surface area (Å²) in [6.45, 7) is 1.81. The lowest BCUT2D eigenvalue weighted by Crippen LogP contribution is -2.35. The van der Waals surface area contributed by atoms with Gasteiger partial charge < -0.3 is 10.4 Å². The van der Waals surface area contributed by atoms with Crippen LogP contribution in [0.15, 0.2) is 0 Å². The lowest BCUT2D eigenvalue weighted by atomic mass is 10.1. The fraction of sp³-hybridized carbons (Fsp3) is 0.714. The topological polar surface area (TPSA) is 66.4 Å². The van der Waals surface area contributed by atoms with Gasteiger partial charge in [0.2, 0.25) is 5.91 Å². The number of hydrogen-bond acceptors (Lipinski definition) is 3. The van der Waals surface area contributed by atoms with Crippen LogP contribution in [0, 0.1) is 5.92 Å². The van der Waals surface area contributed by atoms with Gasteiger partial charge in [0, 0.05) is 0 Å². The van der Waals surface area contributed by atoms with Gasteiger partial charge in [0.25, 0.3) is 0 Å². The Balaban J connectivity index is 2.55. The minimum atomic E-state index is -0.836. The maximum atomic E-state index is 10.8. The summed E-state index contributed by atoms with van der Waals surface area (Å²) >= 11 is 1.37. The van der Waals surface area contributed by atoms with Crippen LogP contribution in [-0.4, -0.2) is 28.1 Å². The van der Waals surface area contributed by atoms with E-state index in [-0.39, 0.29) is 11.3 Å². The molecule has 2 N–H and O–H groups in total. The fourth-order valence-electron chi connectivity index (χ4n) is 1.14. The third kappa shape index (κ3) is 1.91. The Kier molecular flexibility index (Phi) is 2.97. The smallest absolute Gasteiger partial charge is 0.309 e. The maximum absolute atomic E-state index is 10.8. The molecule has 12 heavy (non-hydrogen) atoms. The average Bonchev–Trinajstić information content (AvgIpc) is 2.37. The second-order valence-electron chi connectivity index (χ2n) is 2.65. The van der Waals surface area contributed by atoms with Gasteiger partial charge in [0.15, 0.2) is 0 Å². The molecule has 2 atom stereocenters. The highest BCUT2D eigenvalue weighted by atomic mass is 32.2. The number of amides is 1. The molecule has 5 heteroatoms. The Morgan fingerprint density at radius 1 is 1.92 bits per heavy atom. The highest BCUT2D eigenvalue weighted by Crippen LogP contribution is 2.24. The average molecular weight is 189 g/mol. The SMILES string of the molecule is CCC(C(=O)O)C1NC(=O)CS1. The number of carboxylic acid groups (broad SMARTS) is 1. The molecule has 1 heterocycles. The second-order valence-corrected chi connectivity index (χ2v) is 3.78. The predicted octanol–water partition coefficient (Wildman–Crippen LogP) is 0.286. The molecule has 0 spiro atoms. The first-order valence-electron chi connectivity index (χ1n) is 3.79. The highest BCUT2D eigenvalue weighted by Gasteiger charge is 2.32. The Bertz CT molecular complexity index is 207. The van der Waals surface area contributed by atoms with E-state index >= 15 is 0 Å². The second kappa shape index (κ2) is 3.80. The fourth-order valence-corrected chi connectivity index (χ4v) is 2.31. The van der Waals surface area contributed by atoms with Crippen molar-refractivity contribution in [2.45, 2.75) is 18.7 Å². The lowest BCUT2D eigenvalue weighted by molar-refractivity contribution is -0.142. The van der Waals surface area contributed by atoms with Crippen molar-refractivity contribution in [3.05, 3.63) is 0 Å². The summed E-state index contributed by atoms with van der Waals surface area (Å²) in [6.07, 6.45) is 0.549. The van der Waals surface area contributed by atoms with Gasteiger partial charge in [-0.3, -0.25) is 9.59 Å². The van der Waals surface area contributed by atoms with Crippen LogP contribution in [0.25, 0.3) is 0 Å². The minimum absolute atomic E-state index is 0.0651. The normalized spacial score (nSPS) is 25.1. The van der Waals surface area contributed by atoms with Crippen LogP contribution in [-0.2, 0) is 9.59 Å². The van der Waals surface area contributed by atoms with Crippen molar-refractivity contribution in [1.82, 2.24) is 5.32 Å². The zero-order chi connectivity index (χ0) is 9.14. The largest absolute Gasteiger partial charge is 0.481 e. The van der Waals surface area contributed by atoms with Crippen LogP contribution < -0.4 is 5.32 Å². The first kappa shape index (κ1) is 9.38. The summed E-state index contributed by atoms with van der Waals surface area (Å²) in [5.41, 5.74) is 0. The van der Waals surface area contributed by atoms with Gasteiger partial charge in [-0.25, -0.2) is 0 Å². The summed E-state index contributed by atoms with van der Waals surface area (Å²) in [6, 6.07) is 0. The number of thioether (sulfide) groups is 1. The number of hydrogen-bond donors (Lipinski definition) is 2. The molecule has 1 aliphatic rings. The molecule has 68 valence electrons. The van der Waals surface area contributed by atoms with E-state index in [9.17, 15) is 9.59 Å². The summed E-state index contributed by atoms with van der Waals surface area (Å²) in [5.74, 6) is -0.975. The number of aliphatic carboxylic acids is 1. The van der Waals surface area contributed by atoms with Gasteiger partial charge in [-0.05, 0) is 6.42 Å². The molecule has 0 aromatic heterocycles.